The van der Waals surface area contributed by atoms with Gasteiger partial charge in [0.25, 0.3) is 5.91 Å². The van der Waals surface area contributed by atoms with Gasteiger partial charge in [0.05, 0.1) is 0 Å². The fraction of sp³-hybridized carbons (Fsp3) is 0.353. The molecule has 1 aromatic carbocycles. The molecule has 1 fully saturated rings. The van der Waals surface area contributed by atoms with Gasteiger partial charge in [0.2, 0.25) is 5.91 Å². The van der Waals surface area contributed by atoms with Crippen molar-refractivity contribution in [1.82, 2.24) is 4.90 Å². The minimum atomic E-state index is -0.736. The van der Waals surface area contributed by atoms with E-state index in [1.807, 2.05) is 0 Å². The standard InChI is InChI=1S/C17H18BrFN2O4/c18-13-2-3-14(19)12(9-13)1-4-16(23)25-10-15(22)21-7-5-11(6-8-21)17(20)24/h1-4,9,11H,5-8,10H2,(H2,20,24)/b4-1+. The number of nitrogens with two attached hydrogens (primary N) is 1. The van der Waals surface area contributed by atoms with E-state index in [1.54, 1.807) is 6.07 Å². The number of rotatable bonds is 5. The summed E-state index contributed by atoms with van der Waals surface area (Å²) in [5.41, 5.74) is 5.47. The van der Waals surface area contributed by atoms with E-state index in [4.69, 9.17) is 10.5 Å². The van der Waals surface area contributed by atoms with Crippen molar-refractivity contribution in [2.24, 2.45) is 11.7 Å². The number of hydrogen-bond acceptors (Lipinski definition) is 4. The molecule has 6 nitrogen and oxygen atoms in total. The smallest absolute Gasteiger partial charge is 0.331 e. The van der Waals surface area contributed by atoms with Crippen LogP contribution in [0.3, 0.4) is 0 Å². The Morgan fingerprint density at radius 2 is 2.00 bits per heavy atom. The average Bonchev–Trinajstić information content (AvgIpc) is 2.60. The second kappa shape index (κ2) is 8.75. The maximum atomic E-state index is 13.5. The van der Waals surface area contributed by atoms with Crippen LogP contribution in [0.25, 0.3) is 6.08 Å². The molecule has 0 bridgehead atoms. The molecule has 1 aliphatic rings. The van der Waals surface area contributed by atoms with Gasteiger partial charge >= 0.3 is 5.97 Å². The molecule has 1 aromatic rings. The Kier molecular flexibility index (Phi) is 6.69. The monoisotopic (exact) mass is 412 g/mol. The molecule has 2 amide bonds. The van der Waals surface area contributed by atoms with Gasteiger partial charge in [-0.3, -0.25) is 9.59 Å². The van der Waals surface area contributed by atoms with Gasteiger partial charge in [0.15, 0.2) is 6.61 Å². The third-order valence-corrected chi connectivity index (χ3v) is 4.44. The van der Waals surface area contributed by atoms with E-state index in [0.717, 1.165) is 6.08 Å². The predicted octanol–water partition coefficient (Wildman–Crippen LogP) is 1.87. The molecule has 8 heteroatoms. The number of piperidine rings is 1. The lowest BCUT2D eigenvalue weighted by molar-refractivity contribution is -0.149. The first kappa shape index (κ1) is 19.1. The van der Waals surface area contributed by atoms with E-state index >= 15 is 0 Å². The molecular formula is C17H18BrFN2O4. The van der Waals surface area contributed by atoms with Crippen LogP contribution in [0.4, 0.5) is 4.39 Å². The van der Waals surface area contributed by atoms with Gasteiger partial charge in [-0.15, -0.1) is 0 Å². The first-order valence-corrected chi connectivity index (χ1v) is 8.53. The minimum absolute atomic E-state index is 0.213. The summed E-state index contributed by atoms with van der Waals surface area (Å²) in [5, 5.41) is 0. The summed E-state index contributed by atoms with van der Waals surface area (Å²) in [4.78, 5) is 36.3. The van der Waals surface area contributed by atoms with Crippen molar-refractivity contribution in [3.05, 3.63) is 40.1 Å². The summed E-state index contributed by atoms with van der Waals surface area (Å²) in [5.74, 6) is -2.11. The first-order valence-electron chi connectivity index (χ1n) is 7.74. The molecule has 25 heavy (non-hydrogen) atoms. The highest BCUT2D eigenvalue weighted by atomic mass is 79.9. The van der Waals surface area contributed by atoms with Crippen molar-refractivity contribution in [2.75, 3.05) is 19.7 Å². The van der Waals surface area contributed by atoms with Gasteiger partial charge in [-0.05, 0) is 37.1 Å². The van der Waals surface area contributed by atoms with Gasteiger partial charge < -0.3 is 15.4 Å². The number of primary amides is 1. The molecule has 0 spiro atoms. The molecule has 0 aromatic heterocycles. The van der Waals surface area contributed by atoms with Crippen molar-refractivity contribution in [3.63, 3.8) is 0 Å². The fourth-order valence-corrected chi connectivity index (χ4v) is 2.86. The van der Waals surface area contributed by atoms with Crippen molar-refractivity contribution >= 4 is 39.8 Å². The zero-order valence-electron chi connectivity index (χ0n) is 13.4. The lowest BCUT2D eigenvalue weighted by atomic mass is 9.96. The van der Waals surface area contributed by atoms with E-state index in [2.05, 4.69) is 15.9 Å². The molecule has 2 rings (SSSR count). The number of nitrogens with zero attached hydrogens (tertiary/aromatic N) is 1. The summed E-state index contributed by atoms with van der Waals surface area (Å²) in [7, 11) is 0. The molecule has 2 N–H and O–H groups in total. The third-order valence-electron chi connectivity index (χ3n) is 3.94. The van der Waals surface area contributed by atoms with E-state index in [9.17, 15) is 18.8 Å². The Hall–Kier alpha value is -2.22. The Labute approximate surface area is 152 Å². The molecule has 0 aliphatic carbocycles. The van der Waals surface area contributed by atoms with Crippen LogP contribution in [-0.2, 0) is 19.1 Å². The summed E-state index contributed by atoms with van der Waals surface area (Å²) in [6.07, 6.45) is 3.37. The molecule has 0 radical (unpaired) electrons. The lowest BCUT2D eigenvalue weighted by Crippen LogP contribution is -2.43. The van der Waals surface area contributed by atoms with Gasteiger partial charge in [-0.1, -0.05) is 15.9 Å². The molecule has 1 aliphatic heterocycles. The van der Waals surface area contributed by atoms with Crippen LogP contribution in [0.5, 0.6) is 0 Å². The third kappa shape index (κ3) is 5.67. The number of carbonyl (C=O) groups is 3. The zero-order valence-corrected chi connectivity index (χ0v) is 15.0. The van der Waals surface area contributed by atoms with E-state index < -0.39 is 18.4 Å². The topological polar surface area (TPSA) is 89.7 Å². The quantitative estimate of drug-likeness (QED) is 0.590. The van der Waals surface area contributed by atoms with E-state index in [0.29, 0.717) is 30.4 Å². The van der Waals surface area contributed by atoms with Crippen molar-refractivity contribution in [2.45, 2.75) is 12.8 Å². The highest BCUT2D eigenvalue weighted by molar-refractivity contribution is 9.10. The predicted molar refractivity (Wildman–Crippen MR) is 92.6 cm³/mol. The minimum Gasteiger partial charge on any atom is -0.452 e. The number of esters is 1. The molecule has 0 atom stereocenters. The number of ether oxygens (including phenoxy) is 1. The average molecular weight is 413 g/mol. The summed E-state index contributed by atoms with van der Waals surface area (Å²) in [6, 6.07) is 4.34. The van der Waals surface area contributed by atoms with Crippen LogP contribution >= 0.6 is 15.9 Å². The fourth-order valence-electron chi connectivity index (χ4n) is 2.49. The van der Waals surface area contributed by atoms with Crippen LogP contribution < -0.4 is 5.73 Å². The second-order valence-electron chi connectivity index (χ2n) is 5.66. The van der Waals surface area contributed by atoms with Crippen LogP contribution in [-0.4, -0.2) is 42.4 Å². The summed E-state index contributed by atoms with van der Waals surface area (Å²) >= 11 is 3.21. The maximum absolute atomic E-state index is 13.5. The van der Waals surface area contributed by atoms with Gasteiger partial charge in [-0.25, -0.2) is 9.18 Å². The van der Waals surface area contributed by atoms with Crippen LogP contribution in [0.2, 0.25) is 0 Å². The largest absolute Gasteiger partial charge is 0.452 e. The lowest BCUT2D eigenvalue weighted by Gasteiger charge is -2.30. The number of halogens is 2. The Morgan fingerprint density at radius 3 is 2.64 bits per heavy atom. The normalized spacial score (nSPS) is 15.4. The number of amides is 2. The molecule has 1 saturated heterocycles. The highest BCUT2D eigenvalue weighted by Gasteiger charge is 2.26. The van der Waals surface area contributed by atoms with Crippen LogP contribution in [0.1, 0.15) is 18.4 Å². The van der Waals surface area contributed by atoms with E-state index in [1.165, 1.54) is 23.1 Å². The first-order chi connectivity index (χ1) is 11.9. The van der Waals surface area contributed by atoms with Gasteiger partial charge in [0.1, 0.15) is 5.82 Å². The summed E-state index contributed by atoms with van der Waals surface area (Å²) in [6.45, 7) is 0.414. The number of carbonyl (C=O) groups excluding carboxylic acids is 3. The molecule has 0 unspecified atom stereocenters. The SMILES string of the molecule is NC(=O)C1CCN(C(=O)COC(=O)/C=C/c2cc(Br)ccc2F)CC1. The number of hydrogen-bond donors (Lipinski definition) is 1. The summed E-state index contributed by atoms with van der Waals surface area (Å²) < 4.78 is 19.1. The Bertz CT molecular complexity index is 700. The zero-order chi connectivity index (χ0) is 18.4. The van der Waals surface area contributed by atoms with Gasteiger partial charge in [-0.2, -0.15) is 0 Å². The van der Waals surface area contributed by atoms with Crippen molar-refractivity contribution in [1.29, 1.82) is 0 Å². The number of benzene rings is 1. The highest BCUT2D eigenvalue weighted by Crippen LogP contribution is 2.17. The van der Waals surface area contributed by atoms with E-state index in [-0.39, 0.29) is 23.3 Å². The number of likely N-dealkylation sites (tertiary alicyclic amines) is 1. The van der Waals surface area contributed by atoms with Crippen LogP contribution in [0, 0.1) is 11.7 Å². The molecule has 0 saturated carbocycles. The van der Waals surface area contributed by atoms with Crippen molar-refractivity contribution in [3.8, 4) is 0 Å². The second-order valence-corrected chi connectivity index (χ2v) is 6.58. The maximum Gasteiger partial charge on any atom is 0.331 e. The Balaban J connectivity index is 1.80. The van der Waals surface area contributed by atoms with Crippen LogP contribution in [0.15, 0.2) is 28.7 Å². The van der Waals surface area contributed by atoms with Gasteiger partial charge in [0, 0.05) is 35.1 Å². The molecular weight excluding hydrogens is 395 g/mol. The molecule has 134 valence electrons. The molecule has 1 heterocycles. The van der Waals surface area contributed by atoms with Crippen molar-refractivity contribution < 1.29 is 23.5 Å². The Morgan fingerprint density at radius 1 is 1.32 bits per heavy atom.